The number of rotatable bonds is 18. The van der Waals surface area contributed by atoms with Gasteiger partial charge in [0, 0.05) is 54.4 Å². The fourth-order valence-corrected chi connectivity index (χ4v) is 8.45. The van der Waals surface area contributed by atoms with Gasteiger partial charge < -0.3 is 39.4 Å². The van der Waals surface area contributed by atoms with Gasteiger partial charge in [0.05, 0.1) is 33.0 Å². The Bertz CT molecular complexity index is 2100. The predicted octanol–water partition coefficient (Wildman–Crippen LogP) is 10.0. The lowest BCUT2D eigenvalue weighted by molar-refractivity contribution is 0.0803. The van der Waals surface area contributed by atoms with Crippen molar-refractivity contribution in [2.75, 3.05) is 27.9 Å². The van der Waals surface area contributed by atoms with E-state index in [2.05, 4.69) is 62.4 Å². The Morgan fingerprint density at radius 1 is 0.456 bits per heavy atom. The average Bonchev–Trinajstić information content (AvgIpc) is 3.20. The first-order valence-corrected chi connectivity index (χ1v) is 19.7. The van der Waals surface area contributed by atoms with E-state index in [0.717, 1.165) is 56.5 Å². The lowest BCUT2D eigenvalue weighted by Crippen LogP contribution is -2.33. The van der Waals surface area contributed by atoms with Gasteiger partial charge in [-0.2, -0.15) is 0 Å². The maximum absolute atomic E-state index is 11.6. The number of aromatic hydroxyl groups is 4. The van der Waals surface area contributed by atoms with Crippen LogP contribution in [0.25, 0.3) is 0 Å². The molecule has 0 aliphatic rings. The van der Waals surface area contributed by atoms with E-state index >= 15 is 0 Å². The highest BCUT2D eigenvalue weighted by Gasteiger charge is 2.37. The number of hydrogen-bond acceptors (Lipinski definition) is 8. The molecule has 0 bridgehead atoms. The van der Waals surface area contributed by atoms with Gasteiger partial charge in [-0.3, -0.25) is 0 Å². The minimum atomic E-state index is -0.716. The second-order valence-corrected chi connectivity index (χ2v) is 15.5. The monoisotopic (exact) mass is 776 g/mol. The fourth-order valence-electron chi connectivity index (χ4n) is 8.45. The fraction of sp³-hybridized carbons (Fsp3) is 0.388. The molecule has 0 heterocycles. The van der Waals surface area contributed by atoms with Crippen LogP contribution >= 0.6 is 0 Å². The standard InChI is InChI=1S/C49H60O8/c1-10-48(25-35-15-13-12-14-16-35,40-17-31(3)44(50)36(21-40)26-54-7)41-18-32(4)47(53)39(24-41)29-57-30-49(11-2,42-19-33(5)45(51)37(22-42)27-55-8)43-20-34(6)46(52)38(23-43)28-56-9/h12-24,50-53H,10-11,25-30H2,1-9H3. The first-order chi connectivity index (χ1) is 27.3. The zero-order valence-corrected chi connectivity index (χ0v) is 35.1. The molecule has 5 rings (SSSR count). The van der Waals surface area contributed by atoms with E-state index in [1.807, 2.05) is 58.0 Å². The number of benzene rings is 5. The summed E-state index contributed by atoms with van der Waals surface area (Å²) in [6, 6.07) is 26.6. The van der Waals surface area contributed by atoms with Crippen molar-refractivity contribution in [1.82, 2.24) is 0 Å². The molecule has 5 aromatic rings. The maximum atomic E-state index is 11.6. The van der Waals surface area contributed by atoms with Crippen molar-refractivity contribution in [3.8, 4) is 23.0 Å². The molecule has 0 aromatic heterocycles. The molecule has 0 saturated carbocycles. The molecule has 57 heavy (non-hydrogen) atoms. The third kappa shape index (κ3) is 8.85. The Morgan fingerprint density at radius 3 is 1.12 bits per heavy atom. The smallest absolute Gasteiger partial charge is 0.124 e. The van der Waals surface area contributed by atoms with E-state index in [0.29, 0.717) is 29.5 Å². The third-order valence-electron chi connectivity index (χ3n) is 11.8. The van der Waals surface area contributed by atoms with Gasteiger partial charge in [0.1, 0.15) is 23.0 Å². The second kappa shape index (κ2) is 18.6. The Balaban J connectivity index is 1.64. The second-order valence-electron chi connectivity index (χ2n) is 15.5. The Labute approximate surface area is 338 Å². The van der Waals surface area contributed by atoms with E-state index in [4.69, 9.17) is 18.9 Å². The first kappa shape index (κ1) is 43.3. The number of phenolic OH excluding ortho intramolecular Hbond substituents is 4. The summed E-state index contributed by atoms with van der Waals surface area (Å²) in [6.45, 7) is 13.0. The SMILES string of the molecule is CCC(COCc1cc(C(CC)(Cc2ccccc2)c2cc(C)c(O)c(COC)c2)cc(C)c1O)(c1cc(C)c(O)c(COC)c1)c1cc(C)c(O)c(COC)c1. The van der Waals surface area contributed by atoms with Crippen molar-refractivity contribution in [3.05, 3.63) is 151 Å². The average molecular weight is 777 g/mol. The van der Waals surface area contributed by atoms with Crippen molar-refractivity contribution in [1.29, 1.82) is 0 Å². The summed E-state index contributed by atoms with van der Waals surface area (Å²) < 4.78 is 23.2. The molecule has 8 nitrogen and oxygen atoms in total. The van der Waals surface area contributed by atoms with E-state index < -0.39 is 10.8 Å². The summed E-state index contributed by atoms with van der Waals surface area (Å²) in [5.74, 6) is 0.799. The molecule has 0 fully saturated rings. The van der Waals surface area contributed by atoms with Crippen LogP contribution < -0.4 is 0 Å². The minimum absolute atomic E-state index is 0.126. The number of aryl methyl sites for hydroxylation is 4. The summed E-state index contributed by atoms with van der Waals surface area (Å²) in [6.07, 6.45) is 2.07. The quantitative estimate of drug-likeness (QED) is 0.0695. The topological polar surface area (TPSA) is 118 Å². The highest BCUT2D eigenvalue weighted by Crippen LogP contribution is 2.45. The first-order valence-electron chi connectivity index (χ1n) is 19.7. The van der Waals surface area contributed by atoms with Crippen LogP contribution in [-0.2, 0) is 62.6 Å². The van der Waals surface area contributed by atoms with Crippen LogP contribution in [0, 0.1) is 27.7 Å². The molecule has 1 atom stereocenters. The van der Waals surface area contributed by atoms with Crippen LogP contribution in [0.2, 0.25) is 0 Å². The summed E-state index contributed by atoms with van der Waals surface area (Å²) >= 11 is 0. The van der Waals surface area contributed by atoms with Crippen LogP contribution in [0.3, 0.4) is 0 Å². The van der Waals surface area contributed by atoms with Gasteiger partial charge in [0.15, 0.2) is 0 Å². The summed E-state index contributed by atoms with van der Waals surface area (Å²) in [4.78, 5) is 0. The van der Waals surface area contributed by atoms with Crippen molar-refractivity contribution in [2.45, 2.75) is 98.1 Å². The van der Waals surface area contributed by atoms with Gasteiger partial charge in [-0.15, -0.1) is 0 Å². The molecule has 0 radical (unpaired) electrons. The van der Waals surface area contributed by atoms with Crippen LogP contribution in [0.15, 0.2) is 78.9 Å². The number of phenols is 4. The van der Waals surface area contributed by atoms with E-state index in [-0.39, 0.29) is 56.0 Å². The maximum Gasteiger partial charge on any atom is 0.124 e. The third-order valence-corrected chi connectivity index (χ3v) is 11.8. The van der Waals surface area contributed by atoms with Crippen molar-refractivity contribution >= 4 is 0 Å². The normalized spacial score (nSPS) is 12.9. The lowest BCUT2D eigenvalue weighted by Gasteiger charge is -2.37. The molecule has 4 N–H and O–H groups in total. The molecule has 304 valence electrons. The molecule has 1 unspecified atom stereocenters. The molecular formula is C49H60O8. The van der Waals surface area contributed by atoms with Crippen molar-refractivity contribution in [2.24, 2.45) is 0 Å². The molecule has 0 aliphatic heterocycles. The van der Waals surface area contributed by atoms with Crippen molar-refractivity contribution in [3.63, 3.8) is 0 Å². The van der Waals surface area contributed by atoms with Gasteiger partial charge in [0.2, 0.25) is 0 Å². The number of ether oxygens (including phenoxy) is 4. The van der Waals surface area contributed by atoms with Crippen LogP contribution in [-0.4, -0.2) is 48.4 Å². The largest absolute Gasteiger partial charge is 0.507 e. The van der Waals surface area contributed by atoms with Crippen LogP contribution in [0.4, 0.5) is 0 Å². The molecular weight excluding hydrogens is 717 g/mol. The molecule has 0 saturated heterocycles. The molecule has 0 aliphatic carbocycles. The zero-order chi connectivity index (χ0) is 41.5. The summed E-state index contributed by atoms with van der Waals surface area (Å²) in [5.41, 5.74) is 9.60. The highest BCUT2D eigenvalue weighted by molar-refractivity contribution is 5.55. The van der Waals surface area contributed by atoms with E-state index in [1.165, 1.54) is 5.56 Å². The van der Waals surface area contributed by atoms with Gasteiger partial charge in [0.25, 0.3) is 0 Å². The van der Waals surface area contributed by atoms with Gasteiger partial charge >= 0.3 is 0 Å². The summed E-state index contributed by atoms with van der Waals surface area (Å²) in [7, 11) is 4.84. The van der Waals surface area contributed by atoms with Gasteiger partial charge in [-0.1, -0.05) is 68.4 Å². The number of methoxy groups -OCH3 is 3. The predicted molar refractivity (Wildman–Crippen MR) is 225 cm³/mol. The van der Waals surface area contributed by atoms with Crippen LogP contribution in [0.5, 0.6) is 23.0 Å². The Kier molecular flexibility index (Phi) is 14.1. The molecule has 8 heteroatoms. The lowest BCUT2D eigenvalue weighted by atomic mass is 9.67. The molecule has 5 aromatic carbocycles. The molecule has 0 amide bonds. The van der Waals surface area contributed by atoms with E-state index in [1.54, 1.807) is 21.3 Å². The highest BCUT2D eigenvalue weighted by atomic mass is 16.5. The Morgan fingerprint density at radius 2 is 0.789 bits per heavy atom. The van der Waals surface area contributed by atoms with Crippen LogP contribution in [0.1, 0.15) is 99.0 Å². The minimum Gasteiger partial charge on any atom is -0.507 e. The summed E-state index contributed by atoms with van der Waals surface area (Å²) in [5, 5.41) is 44.6. The molecule has 0 spiro atoms. The van der Waals surface area contributed by atoms with Gasteiger partial charge in [-0.25, -0.2) is 0 Å². The van der Waals surface area contributed by atoms with Gasteiger partial charge in [-0.05, 0) is 121 Å². The number of hydrogen-bond donors (Lipinski definition) is 4. The Hall–Kier alpha value is -4.86. The van der Waals surface area contributed by atoms with E-state index in [9.17, 15) is 20.4 Å². The van der Waals surface area contributed by atoms with Crippen molar-refractivity contribution < 1.29 is 39.4 Å². The zero-order valence-electron chi connectivity index (χ0n) is 35.1.